The molecular weight excluding hydrogens is 406 g/mol. The fraction of sp³-hybridized carbons (Fsp3) is 0.231. The van der Waals surface area contributed by atoms with Crippen LogP contribution in [0.1, 0.15) is 30.4 Å². The Morgan fingerprint density at radius 2 is 1.35 bits per heavy atom. The van der Waals surface area contributed by atoms with Gasteiger partial charge in [-0.3, -0.25) is 9.80 Å². The van der Waals surface area contributed by atoms with E-state index >= 15 is 0 Å². The van der Waals surface area contributed by atoms with Crippen LogP contribution in [0.15, 0.2) is 78.9 Å². The first-order chi connectivity index (χ1) is 15.1. The maximum Gasteiger partial charge on any atom is 0.329 e. The smallest absolute Gasteiger partial charge is 0.289 e. The van der Waals surface area contributed by atoms with E-state index in [1.165, 1.54) is 5.56 Å². The highest BCUT2D eigenvalue weighted by Crippen LogP contribution is 2.41. The van der Waals surface area contributed by atoms with Gasteiger partial charge in [0.1, 0.15) is 0 Å². The Morgan fingerprint density at radius 1 is 0.839 bits per heavy atom. The van der Waals surface area contributed by atoms with Crippen LogP contribution in [0.4, 0.5) is 16.2 Å². The van der Waals surface area contributed by atoms with Gasteiger partial charge in [0.2, 0.25) is 0 Å². The fourth-order valence-electron chi connectivity index (χ4n) is 4.35. The first kappa shape index (κ1) is 21.0. The number of urea groups is 1. The lowest BCUT2D eigenvalue weighted by molar-refractivity contribution is 0.254. The molecule has 0 radical (unpaired) electrons. The highest BCUT2D eigenvalue weighted by molar-refractivity contribution is 6.30. The number of hydrogen-bond donors (Lipinski definition) is 0. The largest absolute Gasteiger partial charge is 0.329 e. The highest BCUT2D eigenvalue weighted by Gasteiger charge is 2.49. The first-order valence-electron chi connectivity index (χ1n) is 10.5. The maximum absolute atomic E-state index is 13.1. The van der Waals surface area contributed by atoms with Crippen LogP contribution < -0.4 is 9.80 Å². The maximum atomic E-state index is 13.1. The lowest BCUT2D eigenvalue weighted by Crippen LogP contribution is -2.35. The summed E-state index contributed by atoms with van der Waals surface area (Å²) in [5, 5.41) is 8.98. The number of aryl methyl sites for hydroxylation is 1. The molecule has 1 aliphatic carbocycles. The Kier molecular flexibility index (Phi) is 6.25. The predicted octanol–water partition coefficient (Wildman–Crippen LogP) is 6.57. The normalized spacial score (nSPS) is 19.5. The summed E-state index contributed by atoms with van der Waals surface area (Å²) in [5.41, 5.74) is 3.85. The summed E-state index contributed by atoms with van der Waals surface area (Å²) >= 11 is 5.99. The molecule has 5 heteroatoms. The molecule has 156 valence electrons. The van der Waals surface area contributed by atoms with Gasteiger partial charge in [0.25, 0.3) is 0 Å². The van der Waals surface area contributed by atoms with Crippen molar-refractivity contribution in [2.45, 2.75) is 38.3 Å². The average Bonchev–Trinajstić information content (AvgIpc) is 3.36. The van der Waals surface area contributed by atoms with Crippen molar-refractivity contribution in [1.29, 1.82) is 5.26 Å². The number of fused-ring (bicyclic) bond motifs is 1. The summed E-state index contributed by atoms with van der Waals surface area (Å²) in [5.74, 6) is 0. The zero-order valence-electron chi connectivity index (χ0n) is 17.4. The molecule has 1 saturated carbocycles. The third kappa shape index (κ3) is 4.42. The lowest BCUT2D eigenvalue weighted by Gasteiger charge is -2.22. The Labute approximate surface area is 188 Å². The van der Waals surface area contributed by atoms with Gasteiger partial charge in [-0.15, -0.1) is 0 Å². The van der Waals surface area contributed by atoms with Crippen molar-refractivity contribution in [1.82, 2.24) is 0 Å². The van der Waals surface area contributed by atoms with Crippen LogP contribution in [0.25, 0.3) is 0 Å². The van der Waals surface area contributed by atoms with E-state index in [4.69, 9.17) is 16.9 Å². The lowest BCUT2D eigenvalue weighted by atomic mass is 10.1. The molecule has 1 saturated heterocycles. The molecule has 1 aliphatic heterocycles. The van der Waals surface area contributed by atoms with Crippen LogP contribution in [0, 0.1) is 18.3 Å². The van der Waals surface area contributed by atoms with E-state index < -0.39 is 0 Å². The minimum atomic E-state index is 0.0749. The van der Waals surface area contributed by atoms with Gasteiger partial charge in [-0.25, -0.2) is 4.79 Å². The molecule has 2 atom stereocenters. The first-order valence-corrected chi connectivity index (χ1v) is 10.9. The Balaban J connectivity index is 0.000000245. The molecule has 2 amide bonds. The van der Waals surface area contributed by atoms with Crippen LogP contribution in [0.5, 0.6) is 0 Å². The molecule has 0 spiro atoms. The number of halogens is 1. The monoisotopic (exact) mass is 429 g/mol. The van der Waals surface area contributed by atoms with Crippen molar-refractivity contribution < 1.29 is 4.79 Å². The van der Waals surface area contributed by atoms with E-state index in [0.29, 0.717) is 10.6 Å². The summed E-state index contributed by atoms with van der Waals surface area (Å²) in [7, 11) is 0. The quantitative estimate of drug-likeness (QED) is 0.462. The van der Waals surface area contributed by atoms with Gasteiger partial charge in [-0.2, -0.15) is 5.26 Å². The van der Waals surface area contributed by atoms with Crippen LogP contribution in [-0.2, 0) is 0 Å². The molecule has 0 aromatic heterocycles. The molecular formula is C26H24ClN3O. The zero-order valence-corrected chi connectivity index (χ0v) is 18.2. The zero-order chi connectivity index (χ0) is 21.8. The number of nitriles is 1. The SMILES string of the molecule is Cc1ccc(N2C(=O)N(c3ccc(Cl)cc3)C3CCCC32)cc1.N#Cc1ccccc1. The second kappa shape index (κ2) is 9.24. The van der Waals surface area contributed by atoms with E-state index in [1.807, 2.05) is 70.5 Å². The molecule has 2 fully saturated rings. The topological polar surface area (TPSA) is 47.3 Å². The van der Waals surface area contributed by atoms with E-state index in [1.54, 1.807) is 12.1 Å². The van der Waals surface area contributed by atoms with Gasteiger partial charge >= 0.3 is 6.03 Å². The molecule has 0 N–H and O–H groups in total. The molecule has 1 heterocycles. The predicted molar refractivity (Wildman–Crippen MR) is 126 cm³/mol. The summed E-state index contributed by atoms with van der Waals surface area (Å²) in [6, 6.07) is 27.6. The van der Waals surface area contributed by atoms with Crippen molar-refractivity contribution in [2.75, 3.05) is 9.80 Å². The van der Waals surface area contributed by atoms with E-state index in [0.717, 1.165) is 30.6 Å². The third-order valence-electron chi connectivity index (χ3n) is 5.84. The van der Waals surface area contributed by atoms with Crippen LogP contribution >= 0.6 is 11.6 Å². The van der Waals surface area contributed by atoms with Gasteiger partial charge in [0.05, 0.1) is 23.7 Å². The van der Waals surface area contributed by atoms with Gasteiger partial charge in [-0.1, -0.05) is 47.5 Å². The summed E-state index contributed by atoms with van der Waals surface area (Å²) < 4.78 is 0. The van der Waals surface area contributed by atoms with Gasteiger partial charge in [-0.05, 0) is 74.7 Å². The molecule has 3 aromatic rings. The van der Waals surface area contributed by atoms with Gasteiger partial charge in [0, 0.05) is 16.4 Å². The number of carbonyl (C=O) groups is 1. The molecule has 2 aliphatic rings. The molecule has 2 unspecified atom stereocenters. The summed E-state index contributed by atoms with van der Waals surface area (Å²) in [6.45, 7) is 2.06. The van der Waals surface area contributed by atoms with Crippen molar-refractivity contribution >= 4 is 29.0 Å². The summed E-state index contributed by atoms with van der Waals surface area (Å²) in [6.07, 6.45) is 3.28. The van der Waals surface area contributed by atoms with Crippen LogP contribution in [0.2, 0.25) is 5.02 Å². The Bertz CT molecular complexity index is 1010. The van der Waals surface area contributed by atoms with Gasteiger partial charge < -0.3 is 0 Å². The van der Waals surface area contributed by atoms with Crippen molar-refractivity contribution in [3.05, 3.63) is 95.0 Å². The molecule has 5 rings (SSSR count). The number of rotatable bonds is 2. The number of anilines is 2. The second-order valence-electron chi connectivity index (χ2n) is 7.88. The number of amides is 2. The number of nitrogens with zero attached hydrogens (tertiary/aromatic N) is 3. The molecule has 31 heavy (non-hydrogen) atoms. The van der Waals surface area contributed by atoms with E-state index in [9.17, 15) is 4.79 Å². The Hall–Kier alpha value is -3.29. The fourth-order valence-corrected chi connectivity index (χ4v) is 4.47. The van der Waals surface area contributed by atoms with Crippen molar-refractivity contribution in [3.8, 4) is 6.07 Å². The molecule has 4 nitrogen and oxygen atoms in total. The molecule has 3 aromatic carbocycles. The second-order valence-corrected chi connectivity index (χ2v) is 8.31. The highest BCUT2D eigenvalue weighted by atomic mass is 35.5. The van der Waals surface area contributed by atoms with Crippen LogP contribution in [-0.4, -0.2) is 18.1 Å². The third-order valence-corrected chi connectivity index (χ3v) is 6.09. The van der Waals surface area contributed by atoms with E-state index in [2.05, 4.69) is 19.1 Å². The Morgan fingerprint density at radius 3 is 1.84 bits per heavy atom. The molecule has 0 bridgehead atoms. The number of carbonyl (C=O) groups excluding carboxylic acids is 1. The van der Waals surface area contributed by atoms with Crippen molar-refractivity contribution in [3.63, 3.8) is 0 Å². The number of benzene rings is 3. The summed E-state index contributed by atoms with van der Waals surface area (Å²) in [4.78, 5) is 17.0. The minimum Gasteiger partial charge on any atom is -0.289 e. The van der Waals surface area contributed by atoms with Crippen LogP contribution in [0.3, 0.4) is 0 Å². The standard InChI is InChI=1S/C19H19ClN2O.C7H5N/c1-13-5-9-15(10-6-13)21-17-3-2-4-18(17)22(19(21)23)16-11-7-14(20)8-12-16;8-6-7-4-2-1-3-5-7/h5-12,17-18H,2-4H2,1H3;1-5H. The number of hydrogen-bond acceptors (Lipinski definition) is 2. The van der Waals surface area contributed by atoms with Crippen molar-refractivity contribution in [2.24, 2.45) is 0 Å². The minimum absolute atomic E-state index is 0.0749. The average molecular weight is 430 g/mol. The van der Waals surface area contributed by atoms with Gasteiger partial charge in [0.15, 0.2) is 0 Å². The van der Waals surface area contributed by atoms with E-state index in [-0.39, 0.29) is 18.1 Å².